The Morgan fingerprint density at radius 2 is 1.79 bits per heavy atom. The summed E-state index contributed by atoms with van der Waals surface area (Å²) in [6.45, 7) is 4.97. The Morgan fingerprint density at radius 1 is 1.03 bits per heavy atom. The molecular formula is C26H25N3O4S. The molecule has 4 aromatic rings. The van der Waals surface area contributed by atoms with Crippen LogP contribution in [0.15, 0.2) is 76.1 Å². The number of hydrogen-bond donors (Lipinski definition) is 0. The molecule has 34 heavy (non-hydrogen) atoms. The van der Waals surface area contributed by atoms with Crippen LogP contribution in [0, 0.1) is 0 Å². The van der Waals surface area contributed by atoms with E-state index in [9.17, 15) is 13.2 Å². The van der Waals surface area contributed by atoms with E-state index < -0.39 is 10.0 Å². The fraction of sp³-hybridized carbons (Fsp3) is 0.231. The number of sulfonamides is 1. The van der Waals surface area contributed by atoms with Crippen molar-refractivity contribution in [3.05, 3.63) is 77.9 Å². The summed E-state index contributed by atoms with van der Waals surface area (Å²) in [5, 5.41) is 4.90. The molecule has 0 radical (unpaired) electrons. The summed E-state index contributed by atoms with van der Waals surface area (Å²) in [6.07, 6.45) is 0.605. The Morgan fingerprint density at radius 3 is 2.53 bits per heavy atom. The van der Waals surface area contributed by atoms with Gasteiger partial charge in [-0.15, -0.1) is 0 Å². The van der Waals surface area contributed by atoms with E-state index in [4.69, 9.17) is 4.52 Å². The van der Waals surface area contributed by atoms with Gasteiger partial charge < -0.3 is 9.42 Å². The molecule has 1 amide bonds. The van der Waals surface area contributed by atoms with Crippen LogP contribution in [0.1, 0.15) is 29.8 Å². The predicted octanol–water partition coefficient (Wildman–Crippen LogP) is 4.73. The highest BCUT2D eigenvalue weighted by Gasteiger charge is 2.29. The minimum atomic E-state index is -3.55. The van der Waals surface area contributed by atoms with Gasteiger partial charge in [-0.2, -0.15) is 4.31 Å². The molecule has 2 heterocycles. The number of aromatic nitrogens is 1. The molecule has 8 heteroatoms. The second-order valence-corrected chi connectivity index (χ2v) is 10.1. The van der Waals surface area contributed by atoms with Crippen molar-refractivity contribution in [2.75, 3.05) is 24.5 Å². The molecule has 174 valence electrons. The number of carbonyl (C=O) groups excluding carboxylic acids is 1. The molecule has 1 aliphatic heterocycles. The fourth-order valence-corrected chi connectivity index (χ4v) is 6.00. The standard InChI is InChI=1S/C26H25N3O4S/c1-3-28(4-2)34(31,32)21-11-13-24-19(16-21)14-15-29(24)26(30)20-10-12-23-22(17-20)25(33-27-23)18-8-6-5-7-9-18/h5-13,16-17H,3-4,14-15H2,1-2H3. The normalized spacial score (nSPS) is 13.6. The Labute approximate surface area is 198 Å². The molecule has 0 aliphatic carbocycles. The Kier molecular flexibility index (Phi) is 5.71. The zero-order valence-electron chi connectivity index (χ0n) is 19.1. The highest BCUT2D eigenvalue weighted by Crippen LogP contribution is 2.34. The van der Waals surface area contributed by atoms with Gasteiger partial charge in [0.25, 0.3) is 5.91 Å². The number of anilines is 1. The number of carbonyl (C=O) groups is 1. The third-order valence-corrected chi connectivity index (χ3v) is 8.34. The molecule has 0 atom stereocenters. The predicted molar refractivity (Wildman–Crippen MR) is 131 cm³/mol. The van der Waals surface area contributed by atoms with Crippen molar-refractivity contribution in [2.45, 2.75) is 25.2 Å². The van der Waals surface area contributed by atoms with E-state index in [0.29, 0.717) is 42.9 Å². The lowest BCUT2D eigenvalue weighted by Gasteiger charge is -2.20. The summed E-state index contributed by atoms with van der Waals surface area (Å²) in [5.41, 5.74) is 3.71. The maximum atomic E-state index is 13.5. The van der Waals surface area contributed by atoms with Crippen molar-refractivity contribution in [3.63, 3.8) is 0 Å². The molecule has 0 saturated heterocycles. The fourth-order valence-electron chi connectivity index (χ4n) is 4.49. The third-order valence-electron chi connectivity index (χ3n) is 6.29. The molecule has 0 bridgehead atoms. The quantitative estimate of drug-likeness (QED) is 0.403. The number of benzene rings is 3. The molecule has 0 N–H and O–H groups in total. The molecule has 0 spiro atoms. The van der Waals surface area contributed by atoms with Gasteiger partial charge in [0.1, 0.15) is 5.52 Å². The topological polar surface area (TPSA) is 83.7 Å². The third kappa shape index (κ3) is 3.69. The van der Waals surface area contributed by atoms with Crippen LogP contribution in [-0.2, 0) is 16.4 Å². The molecule has 1 aromatic heterocycles. The maximum Gasteiger partial charge on any atom is 0.258 e. The lowest BCUT2D eigenvalue weighted by atomic mass is 10.1. The average molecular weight is 476 g/mol. The molecule has 0 unspecified atom stereocenters. The first-order valence-electron chi connectivity index (χ1n) is 11.3. The van der Waals surface area contributed by atoms with Gasteiger partial charge in [0, 0.05) is 36.4 Å². The molecular weight excluding hydrogens is 450 g/mol. The van der Waals surface area contributed by atoms with E-state index in [1.807, 2.05) is 50.2 Å². The van der Waals surface area contributed by atoms with Crippen molar-refractivity contribution in [1.82, 2.24) is 9.46 Å². The van der Waals surface area contributed by atoms with E-state index >= 15 is 0 Å². The van der Waals surface area contributed by atoms with Crippen LogP contribution in [0.2, 0.25) is 0 Å². The smallest absolute Gasteiger partial charge is 0.258 e. The highest BCUT2D eigenvalue weighted by atomic mass is 32.2. The number of amides is 1. The van der Waals surface area contributed by atoms with E-state index in [0.717, 1.165) is 22.2 Å². The summed E-state index contributed by atoms with van der Waals surface area (Å²) in [5.74, 6) is 0.485. The summed E-state index contributed by atoms with van der Waals surface area (Å²) < 4.78 is 32.8. The first kappa shape index (κ1) is 22.3. The summed E-state index contributed by atoms with van der Waals surface area (Å²) in [6, 6.07) is 20.0. The van der Waals surface area contributed by atoms with Crippen molar-refractivity contribution >= 4 is 32.5 Å². The second-order valence-electron chi connectivity index (χ2n) is 8.20. The maximum absolute atomic E-state index is 13.5. The van der Waals surface area contributed by atoms with Crippen LogP contribution in [-0.4, -0.2) is 43.4 Å². The molecule has 0 saturated carbocycles. The molecule has 1 aliphatic rings. The van der Waals surface area contributed by atoms with E-state index in [-0.39, 0.29) is 10.8 Å². The van der Waals surface area contributed by atoms with E-state index in [2.05, 4.69) is 5.16 Å². The van der Waals surface area contributed by atoms with Gasteiger partial charge in [0.2, 0.25) is 10.0 Å². The summed E-state index contributed by atoms with van der Waals surface area (Å²) >= 11 is 0. The first-order chi connectivity index (χ1) is 16.4. The van der Waals surface area contributed by atoms with Gasteiger partial charge in [-0.25, -0.2) is 8.42 Å². The summed E-state index contributed by atoms with van der Waals surface area (Å²) in [7, 11) is -3.55. The van der Waals surface area contributed by atoms with Crippen LogP contribution in [0.5, 0.6) is 0 Å². The minimum absolute atomic E-state index is 0.139. The molecule has 3 aromatic carbocycles. The lowest BCUT2D eigenvalue weighted by molar-refractivity contribution is 0.0989. The minimum Gasteiger partial charge on any atom is -0.355 e. The number of hydrogen-bond acceptors (Lipinski definition) is 5. The van der Waals surface area contributed by atoms with Crippen LogP contribution in [0.4, 0.5) is 5.69 Å². The second kappa shape index (κ2) is 8.70. The monoisotopic (exact) mass is 475 g/mol. The largest absolute Gasteiger partial charge is 0.355 e. The van der Waals surface area contributed by atoms with Crippen molar-refractivity contribution in [3.8, 4) is 11.3 Å². The molecule has 7 nitrogen and oxygen atoms in total. The Balaban J connectivity index is 1.47. The van der Waals surface area contributed by atoms with Gasteiger partial charge in [-0.1, -0.05) is 49.3 Å². The van der Waals surface area contributed by atoms with Gasteiger partial charge >= 0.3 is 0 Å². The first-order valence-corrected chi connectivity index (χ1v) is 12.8. The Bertz CT molecular complexity index is 1470. The zero-order chi connectivity index (χ0) is 23.9. The van der Waals surface area contributed by atoms with Gasteiger partial charge in [0.05, 0.1) is 10.3 Å². The van der Waals surface area contributed by atoms with E-state index in [1.54, 1.807) is 35.2 Å². The van der Waals surface area contributed by atoms with Crippen LogP contribution >= 0.6 is 0 Å². The van der Waals surface area contributed by atoms with Crippen molar-refractivity contribution in [1.29, 1.82) is 0 Å². The van der Waals surface area contributed by atoms with Crippen LogP contribution < -0.4 is 4.90 Å². The Hall–Kier alpha value is -3.49. The zero-order valence-corrected chi connectivity index (χ0v) is 19.9. The van der Waals surface area contributed by atoms with Crippen molar-refractivity contribution < 1.29 is 17.7 Å². The number of nitrogens with zero attached hydrogens (tertiary/aromatic N) is 3. The summed E-state index contributed by atoms with van der Waals surface area (Å²) in [4.78, 5) is 15.4. The van der Waals surface area contributed by atoms with Crippen LogP contribution in [0.25, 0.3) is 22.2 Å². The molecule has 0 fully saturated rings. The van der Waals surface area contributed by atoms with Gasteiger partial charge in [-0.3, -0.25) is 4.79 Å². The van der Waals surface area contributed by atoms with Gasteiger partial charge in [-0.05, 0) is 48.4 Å². The van der Waals surface area contributed by atoms with E-state index in [1.165, 1.54) is 4.31 Å². The van der Waals surface area contributed by atoms with Crippen molar-refractivity contribution in [2.24, 2.45) is 0 Å². The van der Waals surface area contributed by atoms with Crippen LogP contribution in [0.3, 0.4) is 0 Å². The number of rotatable bonds is 6. The SMILES string of the molecule is CCN(CC)S(=O)(=O)c1ccc2c(c1)CCN2C(=O)c1ccc2noc(-c3ccccc3)c2c1. The van der Waals surface area contributed by atoms with Gasteiger partial charge in [0.15, 0.2) is 5.76 Å². The average Bonchev–Trinajstić information content (AvgIpc) is 3.48. The highest BCUT2D eigenvalue weighted by molar-refractivity contribution is 7.89. The number of fused-ring (bicyclic) bond motifs is 2. The lowest BCUT2D eigenvalue weighted by Crippen LogP contribution is -2.30. The molecule has 5 rings (SSSR count).